The minimum absolute atomic E-state index is 0.0850. The van der Waals surface area contributed by atoms with Crippen LogP contribution >= 0.6 is 11.6 Å². The van der Waals surface area contributed by atoms with Gasteiger partial charge in [-0.3, -0.25) is 4.79 Å². The summed E-state index contributed by atoms with van der Waals surface area (Å²) in [6.45, 7) is 0.351. The first-order valence-corrected chi connectivity index (χ1v) is 6.35. The van der Waals surface area contributed by atoms with Gasteiger partial charge in [0.15, 0.2) is 0 Å². The normalized spacial score (nSPS) is 9.95. The van der Waals surface area contributed by atoms with E-state index in [2.05, 4.69) is 5.32 Å². The molecule has 0 radical (unpaired) electrons. The number of carbonyl (C=O) groups is 1. The Kier molecular flexibility index (Phi) is 4.81. The Morgan fingerprint density at radius 1 is 1.05 bits per heavy atom. The predicted molar refractivity (Wildman–Crippen MR) is 76.6 cm³/mol. The molecule has 19 heavy (non-hydrogen) atoms. The molecule has 0 saturated heterocycles. The Hall–Kier alpha value is -2.00. The molecule has 1 amide bonds. The van der Waals surface area contributed by atoms with Crippen LogP contribution in [0.3, 0.4) is 0 Å². The highest BCUT2D eigenvalue weighted by molar-refractivity contribution is 6.30. The van der Waals surface area contributed by atoms with Crippen LogP contribution in [-0.2, 0) is 4.79 Å². The van der Waals surface area contributed by atoms with Crippen molar-refractivity contribution in [3.63, 3.8) is 0 Å². The number of hydrogen-bond acceptors (Lipinski definition) is 2. The third-order valence-electron chi connectivity index (χ3n) is 2.47. The molecular formula is C15H14ClNO2. The molecular weight excluding hydrogens is 262 g/mol. The van der Waals surface area contributed by atoms with Crippen LogP contribution in [0.2, 0.25) is 5.02 Å². The van der Waals surface area contributed by atoms with Gasteiger partial charge in [0.1, 0.15) is 5.75 Å². The summed E-state index contributed by atoms with van der Waals surface area (Å²) < 4.78 is 5.45. The van der Waals surface area contributed by atoms with Gasteiger partial charge in [0.05, 0.1) is 13.0 Å². The highest BCUT2D eigenvalue weighted by Crippen LogP contribution is 2.13. The summed E-state index contributed by atoms with van der Waals surface area (Å²) in [5.41, 5.74) is 0.731. The van der Waals surface area contributed by atoms with E-state index >= 15 is 0 Å². The maximum Gasteiger partial charge on any atom is 0.227 e. The molecule has 0 heterocycles. The van der Waals surface area contributed by atoms with Crippen molar-refractivity contribution < 1.29 is 9.53 Å². The maximum atomic E-state index is 11.7. The van der Waals surface area contributed by atoms with Crippen molar-refractivity contribution >= 4 is 23.2 Å². The third kappa shape index (κ3) is 4.64. The number of amides is 1. The van der Waals surface area contributed by atoms with Crippen molar-refractivity contribution in [2.24, 2.45) is 0 Å². The first-order valence-electron chi connectivity index (χ1n) is 5.97. The van der Waals surface area contributed by atoms with Crippen molar-refractivity contribution in [3.8, 4) is 5.75 Å². The molecule has 0 aliphatic carbocycles. The molecule has 0 atom stereocenters. The number of ether oxygens (including phenoxy) is 1. The van der Waals surface area contributed by atoms with E-state index in [4.69, 9.17) is 16.3 Å². The van der Waals surface area contributed by atoms with E-state index < -0.39 is 0 Å². The number of para-hydroxylation sites is 1. The second-order valence-corrected chi connectivity index (χ2v) is 4.40. The first kappa shape index (κ1) is 13.4. The Balaban J connectivity index is 1.74. The van der Waals surface area contributed by atoms with E-state index in [-0.39, 0.29) is 5.91 Å². The molecule has 1 N–H and O–H groups in total. The number of nitrogens with one attached hydrogen (secondary N) is 1. The van der Waals surface area contributed by atoms with E-state index in [9.17, 15) is 4.79 Å². The summed E-state index contributed by atoms with van der Waals surface area (Å²) in [5, 5.41) is 3.42. The molecule has 3 nitrogen and oxygen atoms in total. The fraction of sp³-hybridized carbons (Fsp3) is 0.133. The summed E-state index contributed by atoms with van der Waals surface area (Å²) in [5.74, 6) is 0.681. The Morgan fingerprint density at radius 3 is 2.42 bits per heavy atom. The van der Waals surface area contributed by atoms with Gasteiger partial charge in [0, 0.05) is 10.7 Å². The Bertz CT molecular complexity index is 526. The average Bonchev–Trinajstić information content (AvgIpc) is 2.43. The van der Waals surface area contributed by atoms with Crippen LogP contribution in [0.25, 0.3) is 0 Å². The number of benzene rings is 2. The van der Waals surface area contributed by atoms with E-state index in [0.29, 0.717) is 18.1 Å². The summed E-state index contributed by atoms with van der Waals surface area (Å²) in [6, 6.07) is 16.4. The lowest BCUT2D eigenvalue weighted by Gasteiger charge is -2.07. The maximum absolute atomic E-state index is 11.7. The van der Waals surface area contributed by atoms with Crippen molar-refractivity contribution in [1.29, 1.82) is 0 Å². The Labute approximate surface area is 117 Å². The lowest BCUT2D eigenvalue weighted by molar-refractivity contribution is -0.116. The SMILES string of the molecule is O=C(CCOc1ccccc1)Nc1ccc(Cl)cc1. The summed E-state index contributed by atoms with van der Waals surface area (Å²) in [6.07, 6.45) is 0.303. The van der Waals surface area contributed by atoms with Crippen LogP contribution < -0.4 is 10.1 Å². The summed E-state index contributed by atoms with van der Waals surface area (Å²) in [4.78, 5) is 11.7. The van der Waals surface area contributed by atoms with Crippen LogP contribution in [-0.4, -0.2) is 12.5 Å². The van der Waals surface area contributed by atoms with Crippen molar-refractivity contribution in [2.45, 2.75) is 6.42 Å². The van der Waals surface area contributed by atoms with Crippen LogP contribution in [0, 0.1) is 0 Å². The molecule has 2 aromatic carbocycles. The van der Waals surface area contributed by atoms with E-state index in [0.717, 1.165) is 11.4 Å². The molecule has 0 saturated carbocycles. The number of carbonyl (C=O) groups excluding carboxylic acids is 1. The molecule has 4 heteroatoms. The van der Waals surface area contributed by atoms with Gasteiger partial charge in [-0.05, 0) is 36.4 Å². The Morgan fingerprint density at radius 2 is 1.74 bits per heavy atom. The van der Waals surface area contributed by atoms with Gasteiger partial charge in [0.25, 0.3) is 0 Å². The minimum Gasteiger partial charge on any atom is -0.493 e. The minimum atomic E-state index is -0.0850. The second-order valence-electron chi connectivity index (χ2n) is 3.97. The lowest BCUT2D eigenvalue weighted by Crippen LogP contribution is -2.15. The lowest BCUT2D eigenvalue weighted by atomic mass is 10.3. The van der Waals surface area contributed by atoms with Gasteiger partial charge < -0.3 is 10.1 Å². The zero-order chi connectivity index (χ0) is 13.5. The van der Waals surface area contributed by atoms with Crippen LogP contribution in [0.1, 0.15) is 6.42 Å². The van der Waals surface area contributed by atoms with Crippen LogP contribution in [0.15, 0.2) is 54.6 Å². The molecule has 2 rings (SSSR count). The number of hydrogen-bond donors (Lipinski definition) is 1. The fourth-order valence-corrected chi connectivity index (χ4v) is 1.66. The fourth-order valence-electron chi connectivity index (χ4n) is 1.54. The second kappa shape index (κ2) is 6.81. The highest BCUT2D eigenvalue weighted by atomic mass is 35.5. The molecule has 0 aromatic heterocycles. The van der Waals surface area contributed by atoms with Gasteiger partial charge in [-0.25, -0.2) is 0 Å². The standard InChI is InChI=1S/C15H14ClNO2/c16-12-6-8-13(9-7-12)17-15(18)10-11-19-14-4-2-1-3-5-14/h1-9H,10-11H2,(H,17,18). The van der Waals surface area contributed by atoms with E-state index in [1.807, 2.05) is 30.3 Å². The largest absolute Gasteiger partial charge is 0.493 e. The molecule has 0 fully saturated rings. The number of halogens is 1. The zero-order valence-electron chi connectivity index (χ0n) is 10.3. The monoisotopic (exact) mass is 275 g/mol. The van der Waals surface area contributed by atoms with Crippen molar-refractivity contribution in [3.05, 3.63) is 59.6 Å². The topological polar surface area (TPSA) is 38.3 Å². The van der Waals surface area contributed by atoms with Crippen molar-refractivity contribution in [2.75, 3.05) is 11.9 Å². The summed E-state index contributed by atoms with van der Waals surface area (Å²) in [7, 11) is 0. The summed E-state index contributed by atoms with van der Waals surface area (Å²) >= 11 is 5.77. The first-order chi connectivity index (χ1) is 9.24. The van der Waals surface area contributed by atoms with Crippen LogP contribution in [0.4, 0.5) is 5.69 Å². The average molecular weight is 276 g/mol. The predicted octanol–water partition coefficient (Wildman–Crippen LogP) is 3.75. The molecule has 0 aliphatic rings. The highest BCUT2D eigenvalue weighted by Gasteiger charge is 2.02. The molecule has 0 unspecified atom stereocenters. The van der Waals surface area contributed by atoms with Gasteiger partial charge in [0.2, 0.25) is 5.91 Å². The number of anilines is 1. The quantitative estimate of drug-likeness (QED) is 0.902. The molecule has 0 spiro atoms. The van der Waals surface area contributed by atoms with Gasteiger partial charge in [-0.1, -0.05) is 29.8 Å². The van der Waals surface area contributed by atoms with E-state index in [1.54, 1.807) is 24.3 Å². The molecule has 0 bridgehead atoms. The van der Waals surface area contributed by atoms with E-state index in [1.165, 1.54) is 0 Å². The van der Waals surface area contributed by atoms with Gasteiger partial charge in [-0.2, -0.15) is 0 Å². The zero-order valence-corrected chi connectivity index (χ0v) is 11.1. The number of rotatable bonds is 5. The smallest absolute Gasteiger partial charge is 0.227 e. The van der Waals surface area contributed by atoms with Crippen LogP contribution in [0.5, 0.6) is 5.75 Å². The van der Waals surface area contributed by atoms with Gasteiger partial charge in [-0.15, -0.1) is 0 Å². The van der Waals surface area contributed by atoms with Gasteiger partial charge >= 0.3 is 0 Å². The third-order valence-corrected chi connectivity index (χ3v) is 2.72. The molecule has 98 valence electrons. The van der Waals surface area contributed by atoms with Crippen molar-refractivity contribution in [1.82, 2.24) is 0 Å². The molecule has 2 aromatic rings. The molecule has 0 aliphatic heterocycles.